The second-order valence-electron chi connectivity index (χ2n) is 7.53. The number of amides is 1. The maximum atomic E-state index is 13.6. The maximum Gasteiger partial charge on any atom is 0.227 e. The van der Waals surface area contributed by atoms with Crippen molar-refractivity contribution in [3.05, 3.63) is 41.4 Å². The Balaban J connectivity index is 1.53. The van der Waals surface area contributed by atoms with Gasteiger partial charge in [-0.15, -0.1) is 0 Å². The molecule has 1 aromatic carbocycles. The molecule has 1 saturated heterocycles. The van der Waals surface area contributed by atoms with E-state index in [1.165, 1.54) is 12.1 Å². The number of benzene rings is 1. The number of aromatic nitrogens is 1. The van der Waals surface area contributed by atoms with Crippen molar-refractivity contribution in [3.63, 3.8) is 0 Å². The van der Waals surface area contributed by atoms with Crippen molar-refractivity contribution in [2.75, 3.05) is 19.6 Å². The minimum atomic E-state index is -0.303. The summed E-state index contributed by atoms with van der Waals surface area (Å²) >= 11 is 0. The number of hydrogen-bond acceptors (Lipinski definition) is 4. The first-order chi connectivity index (χ1) is 12.5. The van der Waals surface area contributed by atoms with E-state index in [0.717, 1.165) is 30.8 Å². The van der Waals surface area contributed by atoms with Gasteiger partial charge in [0.2, 0.25) is 5.91 Å². The van der Waals surface area contributed by atoms with Crippen LogP contribution in [0.25, 0.3) is 11.3 Å². The Bertz CT molecular complexity index is 817. The maximum absolute atomic E-state index is 13.6. The van der Waals surface area contributed by atoms with E-state index in [9.17, 15) is 9.18 Å². The molecule has 138 valence electrons. The molecule has 0 radical (unpaired) electrons. The van der Waals surface area contributed by atoms with Gasteiger partial charge in [-0.05, 0) is 38.9 Å². The van der Waals surface area contributed by atoms with Crippen LogP contribution in [0.5, 0.6) is 0 Å². The first-order valence-corrected chi connectivity index (χ1v) is 9.29. The largest absolute Gasteiger partial charge is 0.360 e. The molecular formula is C20H24FN3O2. The monoisotopic (exact) mass is 357 g/mol. The Morgan fingerprint density at radius 3 is 2.92 bits per heavy atom. The third-order valence-electron chi connectivity index (χ3n) is 5.54. The number of hydrogen-bond donors (Lipinski definition) is 0. The van der Waals surface area contributed by atoms with Gasteiger partial charge in [-0.2, -0.15) is 0 Å². The van der Waals surface area contributed by atoms with Crippen LogP contribution in [0, 0.1) is 11.7 Å². The second-order valence-corrected chi connectivity index (χ2v) is 7.53. The van der Waals surface area contributed by atoms with Gasteiger partial charge in [0, 0.05) is 36.7 Å². The zero-order chi connectivity index (χ0) is 18.3. The van der Waals surface area contributed by atoms with E-state index in [4.69, 9.17) is 4.52 Å². The van der Waals surface area contributed by atoms with Crippen LogP contribution in [0.3, 0.4) is 0 Å². The highest BCUT2D eigenvalue weighted by Crippen LogP contribution is 2.31. The molecule has 3 heterocycles. The number of carbonyl (C=O) groups is 1. The molecule has 5 nitrogen and oxygen atoms in total. The normalized spacial score (nSPS) is 20.6. The van der Waals surface area contributed by atoms with Crippen molar-refractivity contribution in [1.29, 1.82) is 0 Å². The molecule has 26 heavy (non-hydrogen) atoms. The van der Waals surface area contributed by atoms with Crippen molar-refractivity contribution in [3.8, 4) is 11.3 Å². The molecule has 1 amide bonds. The summed E-state index contributed by atoms with van der Waals surface area (Å²) in [4.78, 5) is 17.3. The molecule has 0 spiro atoms. The smallest absolute Gasteiger partial charge is 0.227 e. The van der Waals surface area contributed by atoms with E-state index in [1.807, 2.05) is 11.0 Å². The van der Waals surface area contributed by atoms with E-state index >= 15 is 0 Å². The molecule has 1 fully saturated rings. The predicted octanol–water partition coefficient (Wildman–Crippen LogP) is 3.10. The van der Waals surface area contributed by atoms with Crippen LogP contribution in [-0.4, -0.2) is 46.5 Å². The van der Waals surface area contributed by atoms with Crippen molar-refractivity contribution >= 4 is 5.91 Å². The van der Waals surface area contributed by atoms with Crippen LogP contribution in [0.15, 0.2) is 28.8 Å². The summed E-state index contributed by atoms with van der Waals surface area (Å²) in [5.41, 5.74) is 2.25. The molecule has 4 rings (SSSR count). The lowest BCUT2D eigenvalue weighted by Crippen LogP contribution is -2.41. The molecule has 0 bridgehead atoms. The van der Waals surface area contributed by atoms with E-state index in [1.54, 1.807) is 6.07 Å². The van der Waals surface area contributed by atoms with E-state index in [2.05, 4.69) is 23.9 Å². The average Bonchev–Trinajstić information content (AvgIpc) is 3.28. The molecular weight excluding hydrogens is 333 g/mol. The van der Waals surface area contributed by atoms with Crippen LogP contribution in [0.4, 0.5) is 4.39 Å². The van der Waals surface area contributed by atoms with E-state index in [0.29, 0.717) is 36.8 Å². The fourth-order valence-electron chi connectivity index (χ4n) is 3.98. The molecule has 1 aromatic heterocycles. The van der Waals surface area contributed by atoms with Crippen molar-refractivity contribution in [2.24, 2.45) is 5.92 Å². The SMILES string of the molecule is CC(C)N1CCC(C(=O)N2CCc3onc(-c4cccc(F)c4)c3C2)C1. The quantitative estimate of drug-likeness (QED) is 0.847. The lowest BCUT2D eigenvalue weighted by molar-refractivity contribution is -0.136. The Hall–Kier alpha value is -2.21. The number of likely N-dealkylation sites (tertiary alicyclic amines) is 1. The van der Waals surface area contributed by atoms with Crippen molar-refractivity contribution in [2.45, 2.75) is 39.3 Å². The van der Waals surface area contributed by atoms with Gasteiger partial charge in [-0.25, -0.2) is 4.39 Å². The van der Waals surface area contributed by atoms with E-state index in [-0.39, 0.29) is 17.6 Å². The number of nitrogens with zero attached hydrogens (tertiary/aromatic N) is 3. The number of halogens is 1. The van der Waals surface area contributed by atoms with Crippen LogP contribution >= 0.6 is 0 Å². The summed E-state index contributed by atoms with van der Waals surface area (Å²) in [5.74, 6) is 0.785. The third-order valence-corrected chi connectivity index (χ3v) is 5.54. The molecule has 1 atom stereocenters. The summed E-state index contributed by atoms with van der Waals surface area (Å²) < 4.78 is 19.0. The highest BCUT2D eigenvalue weighted by atomic mass is 19.1. The van der Waals surface area contributed by atoms with Gasteiger partial charge in [0.1, 0.15) is 17.3 Å². The first-order valence-electron chi connectivity index (χ1n) is 9.29. The van der Waals surface area contributed by atoms with Gasteiger partial charge >= 0.3 is 0 Å². The molecule has 1 unspecified atom stereocenters. The van der Waals surface area contributed by atoms with Crippen LogP contribution in [-0.2, 0) is 17.8 Å². The summed E-state index contributed by atoms with van der Waals surface area (Å²) in [6.45, 7) is 7.30. The molecule has 2 aliphatic heterocycles. The fourth-order valence-corrected chi connectivity index (χ4v) is 3.98. The van der Waals surface area contributed by atoms with Gasteiger partial charge < -0.3 is 14.3 Å². The molecule has 6 heteroatoms. The summed E-state index contributed by atoms with van der Waals surface area (Å²) in [5, 5.41) is 4.15. The standard InChI is InChI=1S/C20H24FN3O2/c1-13(2)23-8-6-15(11-23)20(25)24-9-7-18-17(12-24)19(22-26-18)14-4-3-5-16(21)10-14/h3-5,10,13,15H,6-9,11-12H2,1-2H3. The van der Waals surface area contributed by atoms with Crippen molar-refractivity contribution < 1.29 is 13.7 Å². The molecule has 2 aliphatic rings. The Morgan fingerprint density at radius 2 is 2.19 bits per heavy atom. The lowest BCUT2D eigenvalue weighted by atomic mass is 9.99. The highest BCUT2D eigenvalue weighted by Gasteiger charge is 2.35. The van der Waals surface area contributed by atoms with Crippen LogP contribution < -0.4 is 0 Å². The van der Waals surface area contributed by atoms with Gasteiger partial charge in [0.05, 0.1) is 12.5 Å². The molecule has 0 aliphatic carbocycles. The molecule has 2 aromatic rings. The average molecular weight is 357 g/mol. The Kier molecular flexibility index (Phi) is 4.53. The third kappa shape index (κ3) is 3.14. The summed E-state index contributed by atoms with van der Waals surface area (Å²) in [7, 11) is 0. The van der Waals surface area contributed by atoms with E-state index < -0.39 is 0 Å². The fraction of sp³-hybridized carbons (Fsp3) is 0.500. The van der Waals surface area contributed by atoms with Gasteiger partial charge in [0.15, 0.2) is 0 Å². The van der Waals surface area contributed by atoms with Gasteiger partial charge in [0.25, 0.3) is 0 Å². The minimum Gasteiger partial charge on any atom is -0.360 e. The van der Waals surface area contributed by atoms with Gasteiger partial charge in [-0.1, -0.05) is 17.3 Å². The highest BCUT2D eigenvalue weighted by molar-refractivity contribution is 5.80. The van der Waals surface area contributed by atoms with Gasteiger partial charge in [-0.3, -0.25) is 4.79 Å². The Morgan fingerprint density at radius 1 is 1.35 bits per heavy atom. The van der Waals surface area contributed by atoms with Crippen molar-refractivity contribution in [1.82, 2.24) is 15.0 Å². The number of rotatable bonds is 3. The first kappa shape index (κ1) is 17.2. The van der Waals surface area contributed by atoms with Crippen LogP contribution in [0.1, 0.15) is 31.6 Å². The number of fused-ring (bicyclic) bond motifs is 1. The lowest BCUT2D eigenvalue weighted by Gasteiger charge is -2.29. The minimum absolute atomic E-state index is 0.0661. The number of carbonyl (C=O) groups excluding carboxylic acids is 1. The van der Waals surface area contributed by atoms with Crippen LogP contribution in [0.2, 0.25) is 0 Å². The summed E-state index contributed by atoms with van der Waals surface area (Å²) in [6, 6.07) is 6.82. The molecule has 0 saturated carbocycles. The molecule has 0 N–H and O–H groups in total. The zero-order valence-corrected chi connectivity index (χ0v) is 15.2. The second kappa shape index (κ2) is 6.83. The summed E-state index contributed by atoms with van der Waals surface area (Å²) in [6.07, 6.45) is 1.57. The zero-order valence-electron chi connectivity index (χ0n) is 15.2. The topological polar surface area (TPSA) is 49.6 Å². The predicted molar refractivity (Wildman–Crippen MR) is 95.8 cm³/mol. The Labute approximate surface area is 152 Å².